The zero-order valence-corrected chi connectivity index (χ0v) is 28.2. The minimum atomic E-state index is -0.852. The van der Waals surface area contributed by atoms with Crippen molar-refractivity contribution in [2.75, 3.05) is 20.2 Å². The number of carbonyl (C=O) groups excluding carboxylic acids is 1. The summed E-state index contributed by atoms with van der Waals surface area (Å²) in [6.45, 7) is 4.75. The number of likely N-dealkylation sites (tertiary alicyclic amines) is 1. The molecule has 5 atom stereocenters. The number of hydrogen-bond acceptors (Lipinski definition) is 9. The zero-order valence-electron chi connectivity index (χ0n) is 26.7. The number of carboxylic acid groups (broad SMARTS) is 1. The Labute approximate surface area is 278 Å². The van der Waals surface area contributed by atoms with Crippen molar-refractivity contribution in [3.05, 3.63) is 62.5 Å². The van der Waals surface area contributed by atoms with Crippen LogP contribution in [0.5, 0.6) is 0 Å². The van der Waals surface area contributed by atoms with Gasteiger partial charge in [0.1, 0.15) is 18.1 Å². The van der Waals surface area contributed by atoms with Gasteiger partial charge in [-0.15, -0.1) is 11.3 Å². The van der Waals surface area contributed by atoms with E-state index >= 15 is 0 Å². The number of hydrogen-bond donors (Lipinski definition) is 3. The standard InChI is InChI=1S/C34H44ClFN4O5S/c1-34(2,33(43)44)12-14-40-19-22-9-8-20(6-4-5-7-21(22)17-27(40)41)16-26-28(32(42)45-3)29(24-11-10-23(36)18-25(24)35)39-30(38-26)31-37-13-15-46-31/h10-11,13,15,18,20-22,27,29,41H,4-9,12,14,16-17,19H2,1-3H3,(H,38,39)(H,43,44). The Bertz CT molecular complexity index is 1470. The lowest BCUT2D eigenvalue weighted by molar-refractivity contribution is -0.148. The number of aliphatic hydroxyl groups excluding tert-OH is 1. The molecule has 2 aliphatic heterocycles. The number of rotatable bonds is 9. The van der Waals surface area contributed by atoms with Crippen LogP contribution in [0.1, 0.15) is 88.2 Å². The fourth-order valence-electron chi connectivity index (χ4n) is 7.07. The van der Waals surface area contributed by atoms with Crippen LogP contribution in [0.4, 0.5) is 4.39 Å². The van der Waals surface area contributed by atoms with Crippen LogP contribution in [0.3, 0.4) is 0 Å². The summed E-state index contributed by atoms with van der Waals surface area (Å²) in [6, 6.07) is 3.32. The van der Waals surface area contributed by atoms with Crippen molar-refractivity contribution in [1.29, 1.82) is 0 Å². The van der Waals surface area contributed by atoms with Crippen LogP contribution in [0.15, 0.2) is 46.0 Å². The number of fused-ring (bicyclic) bond motifs is 1. The van der Waals surface area contributed by atoms with E-state index in [9.17, 15) is 24.2 Å². The molecule has 5 unspecified atom stereocenters. The second kappa shape index (κ2) is 14.9. The Balaban J connectivity index is 1.39. The summed E-state index contributed by atoms with van der Waals surface area (Å²) in [4.78, 5) is 36.4. The van der Waals surface area contributed by atoms with Gasteiger partial charge in [-0.2, -0.15) is 0 Å². The molecule has 1 aliphatic carbocycles. The van der Waals surface area contributed by atoms with Crippen molar-refractivity contribution in [3.63, 3.8) is 0 Å². The molecule has 46 heavy (non-hydrogen) atoms. The van der Waals surface area contributed by atoms with Crippen LogP contribution in [0.25, 0.3) is 0 Å². The topological polar surface area (TPSA) is 124 Å². The molecule has 1 aromatic heterocycles. The molecule has 5 rings (SSSR count). The third kappa shape index (κ3) is 7.98. The maximum absolute atomic E-state index is 14.0. The number of benzene rings is 1. The van der Waals surface area contributed by atoms with E-state index in [0.717, 1.165) is 50.8 Å². The van der Waals surface area contributed by atoms with Crippen LogP contribution in [-0.2, 0) is 14.3 Å². The second-order valence-corrected chi connectivity index (χ2v) is 14.8. The number of nitrogens with zero attached hydrogens (tertiary/aromatic N) is 3. The van der Waals surface area contributed by atoms with Crippen LogP contribution in [-0.4, -0.2) is 64.3 Å². The third-order valence-electron chi connectivity index (χ3n) is 9.97. The molecule has 0 bridgehead atoms. The number of aliphatic hydroxyl groups is 1. The van der Waals surface area contributed by atoms with Gasteiger partial charge in [0, 0.05) is 40.9 Å². The third-order valence-corrected chi connectivity index (χ3v) is 11.1. The van der Waals surface area contributed by atoms with Gasteiger partial charge in [0.2, 0.25) is 0 Å². The van der Waals surface area contributed by atoms with E-state index < -0.39 is 35.4 Å². The largest absolute Gasteiger partial charge is 0.481 e. The Morgan fingerprint density at radius 2 is 1.98 bits per heavy atom. The average Bonchev–Trinajstić information content (AvgIpc) is 3.58. The van der Waals surface area contributed by atoms with E-state index in [2.05, 4.69) is 15.2 Å². The molecule has 3 heterocycles. The summed E-state index contributed by atoms with van der Waals surface area (Å²) < 4.78 is 19.3. The van der Waals surface area contributed by atoms with Gasteiger partial charge in [-0.3, -0.25) is 14.7 Å². The first-order chi connectivity index (χ1) is 22.0. The highest BCUT2D eigenvalue weighted by Crippen LogP contribution is 2.41. The molecule has 0 amide bonds. The van der Waals surface area contributed by atoms with Crippen LogP contribution in [0.2, 0.25) is 5.02 Å². The number of halogens is 2. The molecule has 0 radical (unpaired) electrons. The fourth-order valence-corrected chi connectivity index (χ4v) is 7.92. The lowest BCUT2D eigenvalue weighted by Gasteiger charge is -2.43. The minimum absolute atomic E-state index is 0.180. The Morgan fingerprint density at radius 3 is 2.67 bits per heavy atom. The Kier molecular flexibility index (Phi) is 11.2. The van der Waals surface area contributed by atoms with Crippen LogP contribution >= 0.6 is 22.9 Å². The predicted molar refractivity (Wildman–Crippen MR) is 176 cm³/mol. The van der Waals surface area contributed by atoms with Gasteiger partial charge in [0.15, 0.2) is 10.8 Å². The second-order valence-electron chi connectivity index (χ2n) is 13.5. The molecule has 1 saturated carbocycles. The van der Waals surface area contributed by atoms with Gasteiger partial charge >= 0.3 is 11.9 Å². The summed E-state index contributed by atoms with van der Waals surface area (Å²) in [6.07, 6.45) is 8.99. The van der Waals surface area contributed by atoms with Crippen molar-refractivity contribution in [2.24, 2.45) is 28.2 Å². The van der Waals surface area contributed by atoms with E-state index in [1.54, 1.807) is 26.1 Å². The first-order valence-electron chi connectivity index (χ1n) is 16.1. The molecule has 250 valence electrons. The lowest BCUT2D eigenvalue weighted by Crippen LogP contribution is -2.48. The number of piperidine rings is 1. The first kappa shape index (κ1) is 34.5. The number of amidine groups is 1. The molecule has 2 fully saturated rings. The van der Waals surface area contributed by atoms with Crippen LogP contribution in [0, 0.1) is 29.0 Å². The van der Waals surface area contributed by atoms with E-state index in [0.29, 0.717) is 59.6 Å². The van der Waals surface area contributed by atoms with Gasteiger partial charge in [0.05, 0.1) is 18.1 Å². The SMILES string of the molecule is COC(=O)C1=C(CC2CCCCC3CC(O)N(CCC(C)(C)C(=O)O)CC3CC2)NC(c2nccs2)=NC1c1ccc(F)cc1Cl. The van der Waals surface area contributed by atoms with Gasteiger partial charge in [0.25, 0.3) is 0 Å². The summed E-state index contributed by atoms with van der Waals surface area (Å²) in [5.74, 6) is -0.198. The first-order valence-corrected chi connectivity index (χ1v) is 17.4. The molecular formula is C34H44ClFN4O5S. The lowest BCUT2D eigenvalue weighted by atomic mass is 9.78. The molecule has 1 saturated heterocycles. The smallest absolute Gasteiger partial charge is 0.338 e. The monoisotopic (exact) mass is 674 g/mol. The number of methoxy groups -OCH3 is 1. The Morgan fingerprint density at radius 1 is 1.20 bits per heavy atom. The fraction of sp³-hybridized carbons (Fsp3) is 0.588. The number of aliphatic imine (C=N–C) groups is 1. The van der Waals surface area contributed by atoms with Crippen molar-refractivity contribution in [1.82, 2.24) is 15.2 Å². The van der Waals surface area contributed by atoms with E-state index in [1.807, 2.05) is 5.38 Å². The highest BCUT2D eigenvalue weighted by atomic mass is 35.5. The number of nitrogens with one attached hydrogen (secondary N) is 1. The maximum Gasteiger partial charge on any atom is 0.338 e. The van der Waals surface area contributed by atoms with E-state index in [-0.39, 0.29) is 10.9 Å². The number of esters is 1. The summed E-state index contributed by atoms with van der Waals surface area (Å²) in [7, 11) is 1.34. The van der Waals surface area contributed by atoms with Crippen LogP contribution < -0.4 is 5.32 Å². The van der Waals surface area contributed by atoms with Gasteiger partial charge in [-0.1, -0.05) is 36.9 Å². The zero-order chi connectivity index (χ0) is 33.0. The number of aromatic nitrogens is 1. The number of carboxylic acids is 1. The van der Waals surface area contributed by atoms with Crippen molar-refractivity contribution in [2.45, 2.75) is 83.9 Å². The summed E-state index contributed by atoms with van der Waals surface area (Å²) in [5.41, 5.74) is 0.743. The highest BCUT2D eigenvalue weighted by molar-refractivity contribution is 7.11. The van der Waals surface area contributed by atoms with E-state index in [4.69, 9.17) is 21.3 Å². The van der Waals surface area contributed by atoms with E-state index in [1.165, 1.54) is 30.6 Å². The summed E-state index contributed by atoms with van der Waals surface area (Å²) in [5, 5.41) is 26.7. The minimum Gasteiger partial charge on any atom is -0.481 e. The Hall–Kier alpha value is -2.86. The average molecular weight is 675 g/mol. The van der Waals surface area contributed by atoms with Crippen molar-refractivity contribution < 1.29 is 28.9 Å². The molecular weight excluding hydrogens is 631 g/mol. The number of ether oxygens (including phenoxy) is 1. The predicted octanol–water partition coefficient (Wildman–Crippen LogP) is 6.57. The maximum atomic E-state index is 14.0. The number of aliphatic carboxylic acids is 1. The molecule has 9 nitrogen and oxygen atoms in total. The number of allylic oxidation sites excluding steroid dienone is 1. The molecule has 0 spiro atoms. The van der Waals surface area contributed by atoms with Gasteiger partial charge < -0.3 is 20.3 Å². The summed E-state index contributed by atoms with van der Waals surface area (Å²) >= 11 is 7.96. The molecule has 1 aromatic carbocycles. The van der Waals surface area contributed by atoms with Gasteiger partial charge in [-0.05, 0) is 82.3 Å². The normalized spacial score (nSPS) is 26.2. The van der Waals surface area contributed by atoms with Crippen molar-refractivity contribution in [3.8, 4) is 0 Å². The van der Waals surface area contributed by atoms with Crippen molar-refractivity contribution >= 4 is 40.7 Å². The molecule has 3 N–H and O–H groups in total. The number of thiazole rings is 1. The number of carbonyl (C=O) groups is 2. The van der Waals surface area contributed by atoms with Gasteiger partial charge in [-0.25, -0.2) is 14.2 Å². The molecule has 3 aliphatic rings. The molecule has 12 heteroatoms. The molecule has 2 aromatic rings. The highest BCUT2D eigenvalue weighted by Gasteiger charge is 2.38. The quantitative estimate of drug-likeness (QED) is 0.255.